The fraction of sp³-hybridized carbons (Fsp3) is 0.412. The van der Waals surface area contributed by atoms with Crippen LogP contribution in [0.4, 0.5) is 5.82 Å². The molecule has 24 heavy (non-hydrogen) atoms. The van der Waals surface area contributed by atoms with Gasteiger partial charge in [-0.25, -0.2) is 4.98 Å². The summed E-state index contributed by atoms with van der Waals surface area (Å²) in [5, 5.41) is 4.37. The third-order valence-corrected chi connectivity index (χ3v) is 5.59. The molecule has 2 fully saturated rings. The molecule has 0 amide bonds. The molecule has 1 N–H and O–H groups in total. The first-order chi connectivity index (χ1) is 11.5. The number of anilines is 1. The molecular formula is C17H18Cl2N4O. The molecule has 126 valence electrons. The maximum Gasteiger partial charge on any atom is 0.260 e. The summed E-state index contributed by atoms with van der Waals surface area (Å²) in [5.41, 5.74) is 0.415. The van der Waals surface area contributed by atoms with Crippen molar-refractivity contribution in [3.63, 3.8) is 0 Å². The molecule has 2 saturated heterocycles. The van der Waals surface area contributed by atoms with Gasteiger partial charge in [0.05, 0.1) is 15.7 Å². The van der Waals surface area contributed by atoms with Crippen LogP contribution < -0.4 is 15.8 Å². The summed E-state index contributed by atoms with van der Waals surface area (Å²) in [5.74, 6) is 1.35. The monoisotopic (exact) mass is 364 g/mol. The predicted molar refractivity (Wildman–Crippen MR) is 96.7 cm³/mol. The lowest BCUT2D eigenvalue weighted by Crippen LogP contribution is -2.51. The molecule has 7 heteroatoms. The first-order valence-corrected chi connectivity index (χ1v) is 8.84. The smallest absolute Gasteiger partial charge is 0.260 e. The Balaban J connectivity index is 1.74. The molecule has 4 rings (SSSR count). The average Bonchev–Trinajstić information content (AvgIpc) is 2.89. The number of hydrogen-bond acceptors (Lipinski definition) is 4. The molecule has 2 aromatic rings. The molecule has 1 aromatic carbocycles. The van der Waals surface area contributed by atoms with E-state index in [1.807, 2.05) is 6.92 Å². The maximum absolute atomic E-state index is 12.7. The van der Waals surface area contributed by atoms with E-state index in [2.05, 4.69) is 15.2 Å². The summed E-state index contributed by atoms with van der Waals surface area (Å²) in [6.45, 7) is 3.60. The van der Waals surface area contributed by atoms with Crippen LogP contribution >= 0.6 is 23.2 Å². The lowest BCUT2D eigenvalue weighted by molar-refractivity contribution is 0.462. The number of fused-ring (bicyclic) bond motifs is 2. The molecule has 0 aliphatic carbocycles. The van der Waals surface area contributed by atoms with Crippen LogP contribution in [0.15, 0.2) is 29.1 Å². The van der Waals surface area contributed by atoms with Gasteiger partial charge in [-0.05, 0) is 31.9 Å². The van der Waals surface area contributed by atoms with Crippen LogP contribution in [0, 0.1) is 6.92 Å². The highest BCUT2D eigenvalue weighted by atomic mass is 35.5. The van der Waals surface area contributed by atoms with Gasteiger partial charge in [0.1, 0.15) is 11.6 Å². The van der Waals surface area contributed by atoms with Gasteiger partial charge >= 0.3 is 0 Å². The Morgan fingerprint density at radius 2 is 1.92 bits per heavy atom. The summed E-state index contributed by atoms with van der Waals surface area (Å²) in [6, 6.07) is 7.83. The van der Waals surface area contributed by atoms with E-state index in [1.54, 1.807) is 24.3 Å². The highest BCUT2D eigenvalue weighted by Crippen LogP contribution is 2.29. The van der Waals surface area contributed by atoms with Crippen LogP contribution in [0.3, 0.4) is 0 Å². The molecule has 2 unspecified atom stereocenters. The number of piperazine rings is 1. The van der Waals surface area contributed by atoms with Gasteiger partial charge in [-0.2, -0.15) is 0 Å². The van der Waals surface area contributed by atoms with Gasteiger partial charge in [-0.15, -0.1) is 0 Å². The molecule has 0 spiro atoms. The zero-order chi connectivity index (χ0) is 16.8. The van der Waals surface area contributed by atoms with Gasteiger partial charge in [0.15, 0.2) is 0 Å². The Hall–Kier alpha value is -1.56. The van der Waals surface area contributed by atoms with Gasteiger partial charge < -0.3 is 10.2 Å². The van der Waals surface area contributed by atoms with Crippen molar-refractivity contribution in [1.29, 1.82) is 0 Å². The van der Waals surface area contributed by atoms with E-state index in [1.165, 1.54) is 17.4 Å². The molecule has 2 aliphatic heterocycles. The van der Waals surface area contributed by atoms with Crippen molar-refractivity contribution in [3.05, 3.63) is 50.5 Å². The molecule has 3 heterocycles. The zero-order valence-electron chi connectivity index (χ0n) is 13.3. The number of nitrogens with zero attached hydrogens (tertiary/aromatic N) is 3. The van der Waals surface area contributed by atoms with Gasteiger partial charge in [-0.3, -0.25) is 9.36 Å². The number of rotatable bonds is 2. The normalized spacial score (nSPS) is 22.9. The summed E-state index contributed by atoms with van der Waals surface area (Å²) < 4.78 is 1.51. The Morgan fingerprint density at radius 1 is 1.21 bits per heavy atom. The minimum absolute atomic E-state index is 0.146. The highest BCUT2D eigenvalue weighted by molar-refractivity contribution is 6.43. The largest absolute Gasteiger partial charge is 0.353 e. The summed E-state index contributed by atoms with van der Waals surface area (Å²) >= 11 is 12.3. The molecule has 5 nitrogen and oxygen atoms in total. The number of nitrogens with one attached hydrogen (secondary N) is 1. The molecule has 1 aromatic heterocycles. The van der Waals surface area contributed by atoms with Crippen molar-refractivity contribution in [2.24, 2.45) is 0 Å². The minimum atomic E-state index is -0.146. The second kappa shape index (κ2) is 6.06. The molecule has 2 aliphatic rings. The SMILES string of the molecule is Cc1nc(N2CC3CCC(C2)N3)cc(=O)n1-c1cccc(Cl)c1Cl. The van der Waals surface area contributed by atoms with E-state index in [-0.39, 0.29) is 5.56 Å². The maximum atomic E-state index is 12.7. The topological polar surface area (TPSA) is 50.2 Å². The summed E-state index contributed by atoms with van der Waals surface area (Å²) in [6.07, 6.45) is 2.38. The Morgan fingerprint density at radius 3 is 2.58 bits per heavy atom. The van der Waals surface area contributed by atoms with E-state index in [0.29, 0.717) is 33.6 Å². The average molecular weight is 365 g/mol. The van der Waals surface area contributed by atoms with Crippen LogP contribution in [0.1, 0.15) is 18.7 Å². The third kappa shape index (κ3) is 2.70. The predicted octanol–water partition coefficient (Wildman–Crippen LogP) is 2.79. The van der Waals surface area contributed by atoms with E-state index < -0.39 is 0 Å². The molecule has 0 saturated carbocycles. The lowest BCUT2D eigenvalue weighted by atomic mass is 10.2. The van der Waals surface area contributed by atoms with Gasteiger partial charge in [0.2, 0.25) is 0 Å². The van der Waals surface area contributed by atoms with Crippen LogP contribution in [-0.4, -0.2) is 34.7 Å². The van der Waals surface area contributed by atoms with E-state index >= 15 is 0 Å². The Labute approximate surface area is 150 Å². The first-order valence-electron chi connectivity index (χ1n) is 8.09. The van der Waals surface area contributed by atoms with E-state index in [0.717, 1.165) is 18.9 Å². The lowest BCUT2D eigenvalue weighted by Gasteiger charge is -2.33. The first kappa shape index (κ1) is 15.9. The van der Waals surface area contributed by atoms with Gasteiger partial charge in [0, 0.05) is 31.2 Å². The molecule has 2 atom stereocenters. The fourth-order valence-corrected chi connectivity index (χ4v) is 4.07. The summed E-state index contributed by atoms with van der Waals surface area (Å²) in [4.78, 5) is 19.6. The van der Waals surface area contributed by atoms with Gasteiger partial charge in [0.25, 0.3) is 5.56 Å². The number of aryl methyl sites for hydroxylation is 1. The second-order valence-corrected chi connectivity index (χ2v) is 7.24. The standard InChI is InChI=1S/C17H18Cl2N4O/c1-10-20-15(22-8-11-5-6-12(9-22)21-11)7-16(24)23(10)14-4-2-3-13(18)17(14)19/h2-4,7,11-12,21H,5-6,8-9H2,1H3. The number of aromatic nitrogens is 2. The van der Waals surface area contributed by atoms with Crippen molar-refractivity contribution in [3.8, 4) is 5.69 Å². The number of hydrogen-bond donors (Lipinski definition) is 1. The molecular weight excluding hydrogens is 347 g/mol. The van der Waals surface area contributed by atoms with Gasteiger partial charge in [-0.1, -0.05) is 29.3 Å². The van der Waals surface area contributed by atoms with Crippen LogP contribution in [0.25, 0.3) is 5.69 Å². The van der Waals surface area contributed by atoms with Crippen LogP contribution in [0.5, 0.6) is 0 Å². The van der Waals surface area contributed by atoms with Crippen molar-refractivity contribution >= 4 is 29.0 Å². The van der Waals surface area contributed by atoms with Crippen molar-refractivity contribution in [1.82, 2.24) is 14.9 Å². The van der Waals surface area contributed by atoms with E-state index in [4.69, 9.17) is 23.2 Å². The minimum Gasteiger partial charge on any atom is -0.353 e. The van der Waals surface area contributed by atoms with Crippen molar-refractivity contribution < 1.29 is 0 Å². The molecule has 0 radical (unpaired) electrons. The van der Waals surface area contributed by atoms with E-state index in [9.17, 15) is 4.79 Å². The number of halogens is 2. The van der Waals surface area contributed by atoms with Crippen LogP contribution in [0.2, 0.25) is 10.0 Å². The number of benzene rings is 1. The van der Waals surface area contributed by atoms with Crippen LogP contribution in [-0.2, 0) is 0 Å². The Kier molecular flexibility index (Phi) is 4.03. The summed E-state index contributed by atoms with van der Waals surface area (Å²) in [7, 11) is 0. The quantitative estimate of drug-likeness (QED) is 0.889. The third-order valence-electron chi connectivity index (χ3n) is 4.79. The second-order valence-electron chi connectivity index (χ2n) is 6.45. The van der Waals surface area contributed by atoms with Crippen molar-refractivity contribution in [2.45, 2.75) is 31.8 Å². The zero-order valence-corrected chi connectivity index (χ0v) is 14.8. The van der Waals surface area contributed by atoms with Crippen molar-refractivity contribution in [2.75, 3.05) is 18.0 Å². The Bertz CT molecular complexity index is 839. The molecule has 2 bridgehead atoms. The highest BCUT2D eigenvalue weighted by Gasteiger charge is 2.33. The fourth-order valence-electron chi connectivity index (χ4n) is 3.69.